The number of quaternary nitrogens is 1. The Labute approximate surface area is 175 Å². The number of nitrogens with two attached hydrogens (primary N) is 1. The predicted molar refractivity (Wildman–Crippen MR) is 113 cm³/mol. The molecule has 5 rings (SSSR count). The van der Waals surface area contributed by atoms with Gasteiger partial charge in [0.05, 0.1) is 18.8 Å². The molecule has 3 N–H and O–H groups in total. The van der Waals surface area contributed by atoms with Gasteiger partial charge in [-0.05, 0) is 87.3 Å². The Bertz CT molecular complexity index is 611. The van der Waals surface area contributed by atoms with Crippen LogP contribution in [-0.4, -0.2) is 30.4 Å². The van der Waals surface area contributed by atoms with E-state index >= 15 is 0 Å². The Morgan fingerprint density at radius 2 is 1.68 bits per heavy atom. The molecule has 4 bridgehead atoms. The van der Waals surface area contributed by atoms with E-state index in [4.69, 9.17) is 16.3 Å². The fourth-order valence-corrected chi connectivity index (χ4v) is 7.08. The highest BCUT2D eigenvalue weighted by Crippen LogP contribution is 2.61. The van der Waals surface area contributed by atoms with E-state index < -0.39 is 6.10 Å². The van der Waals surface area contributed by atoms with Crippen LogP contribution in [0, 0.1) is 23.2 Å². The van der Waals surface area contributed by atoms with Crippen molar-refractivity contribution in [1.29, 1.82) is 0 Å². The fraction of sp³-hybridized carbons (Fsp3) is 0.750. The van der Waals surface area contributed by atoms with Crippen LogP contribution in [0.5, 0.6) is 0 Å². The molecule has 4 heteroatoms. The van der Waals surface area contributed by atoms with Gasteiger partial charge in [0.1, 0.15) is 12.6 Å². The molecule has 4 saturated carbocycles. The molecule has 3 atom stereocenters. The second kappa shape index (κ2) is 8.63. The van der Waals surface area contributed by atoms with Crippen molar-refractivity contribution in [1.82, 2.24) is 0 Å². The lowest BCUT2D eigenvalue weighted by Crippen LogP contribution is -2.95. The van der Waals surface area contributed by atoms with Crippen molar-refractivity contribution in [3.05, 3.63) is 34.9 Å². The summed E-state index contributed by atoms with van der Waals surface area (Å²) in [6.07, 6.45) is 9.56. The van der Waals surface area contributed by atoms with E-state index in [-0.39, 0.29) is 6.10 Å². The van der Waals surface area contributed by atoms with Gasteiger partial charge in [0.2, 0.25) is 0 Å². The zero-order valence-electron chi connectivity index (χ0n) is 17.4. The number of hydrogen-bond acceptors (Lipinski definition) is 2. The third-order valence-corrected chi connectivity index (χ3v) is 8.13. The minimum atomic E-state index is -0.419. The first kappa shape index (κ1) is 20.7. The molecule has 0 unspecified atom stereocenters. The van der Waals surface area contributed by atoms with Gasteiger partial charge in [0.15, 0.2) is 0 Å². The summed E-state index contributed by atoms with van der Waals surface area (Å²) in [7, 11) is 0. The van der Waals surface area contributed by atoms with Crippen LogP contribution in [0.2, 0.25) is 5.02 Å². The third kappa shape index (κ3) is 4.43. The zero-order chi connectivity index (χ0) is 19.7. The third-order valence-electron chi connectivity index (χ3n) is 7.88. The quantitative estimate of drug-likeness (QED) is 0.640. The summed E-state index contributed by atoms with van der Waals surface area (Å²) in [4.78, 5) is 0. The van der Waals surface area contributed by atoms with Crippen LogP contribution in [0.3, 0.4) is 0 Å². The molecule has 1 aromatic rings. The normalized spacial score (nSPS) is 34.4. The van der Waals surface area contributed by atoms with Crippen molar-refractivity contribution in [2.24, 2.45) is 23.2 Å². The van der Waals surface area contributed by atoms with E-state index in [0.717, 1.165) is 34.9 Å². The van der Waals surface area contributed by atoms with Gasteiger partial charge in [-0.1, -0.05) is 30.7 Å². The standard InChI is InChI=1S/C24H36ClNO2/c1-3-23(24-11-17-8-18(12-24)10-19(9-17)13-24)26-14-22(27)15-28-16(2)20-4-6-21(25)7-5-20/h4-7,16-19,22-23,26-27H,3,8-15H2,1-2H3/p+1/t16-,17?,18?,19?,22+,23+,24?/m0/s1. The zero-order valence-corrected chi connectivity index (χ0v) is 18.2. The molecule has 1 aromatic carbocycles. The summed E-state index contributed by atoms with van der Waals surface area (Å²) in [5, 5.41) is 13.7. The first-order valence-corrected chi connectivity index (χ1v) is 11.7. The highest BCUT2D eigenvalue weighted by atomic mass is 35.5. The number of ether oxygens (including phenoxy) is 1. The average Bonchev–Trinajstić information content (AvgIpc) is 2.66. The Hall–Kier alpha value is -0.610. The SMILES string of the molecule is CC[C@@H]([NH2+]C[C@@H](O)CO[C@@H](C)c1ccc(Cl)cc1)C12CC3CC(CC(C3)C1)C2. The van der Waals surface area contributed by atoms with E-state index in [0.29, 0.717) is 18.1 Å². The van der Waals surface area contributed by atoms with Crippen molar-refractivity contribution < 1.29 is 15.2 Å². The topological polar surface area (TPSA) is 46.1 Å². The van der Waals surface area contributed by atoms with Crippen molar-refractivity contribution in [2.75, 3.05) is 13.2 Å². The first-order chi connectivity index (χ1) is 13.5. The molecule has 0 saturated heterocycles. The maximum absolute atomic E-state index is 10.5. The highest BCUT2D eigenvalue weighted by molar-refractivity contribution is 6.30. The maximum atomic E-state index is 10.5. The summed E-state index contributed by atoms with van der Waals surface area (Å²) in [6, 6.07) is 8.41. The fourth-order valence-electron chi connectivity index (χ4n) is 6.96. The lowest BCUT2D eigenvalue weighted by atomic mass is 9.47. The van der Waals surface area contributed by atoms with Gasteiger partial charge in [0, 0.05) is 10.4 Å². The monoisotopic (exact) mass is 406 g/mol. The van der Waals surface area contributed by atoms with E-state index in [1.54, 1.807) is 0 Å². The van der Waals surface area contributed by atoms with E-state index in [9.17, 15) is 5.11 Å². The summed E-state index contributed by atoms with van der Waals surface area (Å²) >= 11 is 5.96. The predicted octanol–water partition coefficient (Wildman–Crippen LogP) is 4.34. The molecule has 156 valence electrons. The molecule has 0 heterocycles. The lowest BCUT2D eigenvalue weighted by Gasteiger charge is -2.58. The van der Waals surface area contributed by atoms with Gasteiger partial charge in [-0.3, -0.25) is 0 Å². The Balaban J connectivity index is 1.26. The van der Waals surface area contributed by atoms with E-state index in [1.807, 2.05) is 31.2 Å². The van der Waals surface area contributed by atoms with Gasteiger partial charge >= 0.3 is 0 Å². The van der Waals surface area contributed by atoms with Gasteiger partial charge in [-0.25, -0.2) is 0 Å². The molecule has 0 amide bonds. The minimum absolute atomic E-state index is 0.0305. The summed E-state index contributed by atoms with van der Waals surface area (Å²) in [6.45, 7) is 5.50. The summed E-state index contributed by atoms with van der Waals surface area (Å²) in [5.74, 6) is 2.96. The second-order valence-corrected chi connectivity index (χ2v) is 10.4. The molecule has 0 radical (unpaired) electrons. The van der Waals surface area contributed by atoms with Gasteiger partial charge in [0.25, 0.3) is 0 Å². The minimum Gasteiger partial charge on any atom is -0.385 e. The van der Waals surface area contributed by atoms with Crippen molar-refractivity contribution in [3.63, 3.8) is 0 Å². The molecule has 0 aliphatic heterocycles. The Kier molecular flexibility index (Phi) is 6.37. The molecule has 28 heavy (non-hydrogen) atoms. The Morgan fingerprint density at radius 3 is 2.21 bits per heavy atom. The van der Waals surface area contributed by atoms with Gasteiger partial charge in [-0.2, -0.15) is 0 Å². The summed E-state index contributed by atoms with van der Waals surface area (Å²) in [5.41, 5.74) is 1.64. The highest BCUT2D eigenvalue weighted by Gasteiger charge is 2.55. The smallest absolute Gasteiger partial charge is 0.126 e. The second-order valence-electron chi connectivity index (χ2n) is 9.95. The number of halogens is 1. The average molecular weight is 407 g/mol. The number of rotatable bonds is 9. The number of aliphatic hydroxyl groups excluding tert-OH is 1. The van der Waals surface area contributed by atoms with Crippen molar-refractivity contribution >= 4 is 11.6 Å². The van der Waals surface area contributed by atoms with E-state index in [1.165, 1.54) is 44.9 Å². The number of hydrogen-bond donors (Lipinski definition) is 2. The van der Waals surface area contributed by atoms with Crippen LogP contribution in [0.1, 0.15) is 70.5 Å². The van der Waals surface area contributed by atoms with Crippen molar-refractivity contribution in [2.45, 2.75) is 77.0 Å². The van der Waals surface area contributed by atoms with Crippen LogP contribution < -0.4 is 5.32 Å². The first-order valence-electron chi connectivity index (χ1n) is 11.4. The largest absolute Gasteiger partial charge is 0.385 e. The molecular formula is C24H37ClNO2+. The summed E-state index contributed by atoms with van der Waals surface area (Å²) < 4.78 is 5.93. The van der Waals surface area contributed by atoms with Crippen LogP contribution in [0.15, 0.2) is 24.3 Å². The maximum Gasteiger partial charge on any atom is 0.126 e. The van der Waals surface area contributed by atoms with Crippen LogP contribution in [-0.2, 0) is 4.74 Å². The Morgan fingerprint density at radius 1 is 1.11 bits per heavy atom. The lowest BCUT2D eigenvalue weighted by molar-refractivity contribution is -0.711. The van der Waals surface area contributed by atoms with Crippen LogP contribution >= 0.6 is 11.6 Å². The molecule has 0 spiro atoms. The van der Waals surface area contributed by atoms with E-state index in [2.05, 4.69) is 12.2 Å². The van der Waals surface area contributed by atoms with Crippen molar-refractivity contribution in [3.8, 4) is 0 Å². The molecule has 3 nitrogen and oxygen atoms in total. The molecule has 0 aromatic heterocycles. The van der Waals surface area contributed by atoms with Gasteiger partial charge in [-0.15, -0.1) is 0 Å². The van der Waals surface area contributed by atoms with Crippen LogP contribution in [0.25, 0.3) is 0 Å². The number of benzene rings is 1. The molecule has 4 aliphatic rings. The van der Waals surface area contributed by atoms with Crippen LogP contribution in [0.4, 0.5) is 0 Å². The number of aliphatic hydroxyl groups is 1. The molecule has 4 fully saturated rings. The molecule has 4 aliphatic carbocycles. The van der Waals surface area contributed by atoms with Gasteiger partial charge < -0.3 is 15.2 Å². The molecular weight excluding hydrogens is 370 g/mol.